The maximum Gasteiger partial charge on any atom is 0.0367 e. The lowest BCUT2D eigenvalue weighted by Gasteiger charge is -2.46. The zero-order chi connectivity index (χ0) is 13.1. The van der Waals surface area contributed by atoms with Gasteiger partial charge in [-0.25, -0.2) is 0 Å². The number of piperazine rings is 1. The molecule has 2 fully saturated rings. The highest BCUT2D eigenvalue weighted by molar-refractivity contribution is 9.09. The van der Waals surface area contributed by atoms with Crippen molar-refractivity contribution in [2.24, 2.45) is 5.41 Å². The third-order valence-corrected chi connectivity index (χ3v) is 5.94. The zero-order valence-corrected chi connectivity index (χ0v) is 13.1. The second-order valence-electron chi connectivity index (χ2n) is 6.09. The number of nitrogens with zero attached hydrogens (tertiary/aromatic N) is 2. The van der Waals surface area contributed by atoms with Crippen LogP contribution >= 0.6 is 15.9 Å². The molecule has 104 valence electrons. The van der Waals surface area contributed by atoms with E-state index in [4.69, 9.17) is 0 Å². The molecule has 2 nitrogen and oxygen atoms in total. The summed E-state index contributed by atoms with van der Waals surface area (Å²) in [5.74, 6) is 0. The molecule has 0 aromatic heterocycles. The molecule has 3 rings (SSSR count). The molecule has 1 aliphatic carbocycles. The molecule has 19 heavy (non-hydrogen) atoms. The van der Waals surface area contributed by atoms with Crippen molar-refractivity contribution in [2.45, 2.75) is 19.3 Å². The van der Waals surface area contributed by atoms with Crippen LogP contribution in [0.15, 0.2) is 30.3 Å². The van der Waals surface area contributed by atoms with Gasteiger partial charge in [-0.2, -0.15) is 0 Å². The Morgan fingerprint density at radius 3 is 2.21 bits per heavy atom. The molecule has 1 heterocycles. The third-order valence-electron chi connectivity index (χ3n) is 4.75. The summed E-state index contributed by atoms with van der Waals surface area (Å²) in [6.07, 6.45) is 4.25. The first-order valence-corrected chi connectivity index (χ1v) is 8.52. The van der Waals surface area contributed by atoms with Gasteiger partial charge in [-0.3, -0.25) is 4.90 Å². The maximum absolute atomic E-state index is 3.72. The van der Waals surface area contributed by atoms with E-state index in [1.165, 1.54) is 63.0 Å². The summed E-state index contributed by atoms with van der Waals surface area (Å²) >= 11 is 3.72. The molecule has 0 atom stereocenters. The fourth-order valence-corrected chi connectivity index (χ4v) is 4.03. The van der Waals surface area contributed by atoms with Crippen LogP contribution in [0.3, 0.4) is 0 Å². The Morgan fingerprint density at radius 1 is 1.00 bits per heavy atom. The number of halogens is 1. The second-order valence-corrected chi connectivity index (χ2v) is 6.65. The lowest BCUT2D eigenvalue weighted by Crippen LogP contribution is -2.52. The summed E-state index contributed by atoms with van der Waals surface area (Å²) in [6.45, 7) is 6.05. The normalized spacial score (nSPS) is 23.1. The van der Waals surface area contributed by atoms with E-state index >= 15 is 0 Å². The van der Waals surface area contributed by atoms with Crippen LogP contribution in [-0.2, 0) is 0 Å². The Morgan fingerprint density at radius 2 is 1.68 bits per heavy atom. The summed E-state index contributed by atoms with van der Waals surface area (Å²) in [5.41, 5.74) is 1.97. The van der Waals surface area contributed by atoms with Crippen molar-refractivity contribution in [3.63, 3.8) is 0 Å². The van der Waals surface area contributed by atoms with E-state index in [2.05, 4.69) is 56.1 Å². The molecule has 0 N–H and O–H groups in total. The van der Waals surface area contributed by atoms with Crippen molar-refractivity contribution >= 4 is 21.6 Å². The summed E-state index contributed by atoms with van der Waals surface area (Å²) < 4.78 is 0. The van der Waals surface area contributed by atoms with Gasteiger partial charge in [0, 0.05) is 43.7 Å². The molecule has 3 heteroatoms. The predicted octanol–water partition coefficient (Wildman–Crippen LogP) is 3.37. The van der Waals surface area contributed by atoms with Crippen molar-refractivity contribution < 1.29 is 0 Å². The molecule has 1 aromatic rings. The van der Waals surface area contributed by atoms with Crippen molar-refractivity contribution in [1.82, 2.24) is 4.90 Å². The highest BCUT2D eigenvalue weighted by Crippen LogP contribution is 2.43. The van der Waals surface area contributed by atoms with Crippen molar-refractivity contribution in [1.29, 1.82) is 0 Å². The standard InChI is InChI=1S/C16H23BrN2/c17-13-16(7-4-8-16)14-18-9-11-19(12-10-18)15-5-2-1-3-6-15/h1-3,5-6H,4,7-14H2. The largest absolute Gasteiger partial charge is 0.369 e. The minimum absolute atomic E-state index is 0.592. The van der Waals surface area contributed by atoms with Gasteiger partial charge in [0.2, 0.25) is 0 Å². The fourth-order valence-electron chi connectivity index (χ4n) is 3.29. The van der Waals surface area contributed by atoms with E-state index in [0.29, 0.717) is 5.41 Å². The van der Waals surface area contributed by atoms with Crippen LogP contribution in [0.2, 0.25) is 0 Å². The van der Waals surface area contributed by atoms with Gasteiger partial charge in [0.25, 0.3) is 0 Å². The van der Waals surface area contributed by atoms with Crippen molar-refractivity contribution in [3.05, 3.63) is 30.3 Å². The number of benzene rings is 1. The quantitative estimate of drug-likeness (QED) is 0.784. The zero-order valence-electron chi connectivity index (χ0n) is 11.5. The van der Waals surface area contributed by atoms with Crippen LogP contribution in [0, 0.1) is 5.41 Å². The van der Waals surface area contributed by atoms with Crippen LogP contribution in [0.25, 0.3) is 0 Å². The van der Waals surface area contributed by atoms with Gasteiger partial charge in [0.15, 0.2) is 0 Å². The summed E-state index contributed by atoms with van der Waals surface area (Å²) in [7, 11) is 0. The Labute approximate surface area is 124 Å². The number of rotatable bonds is 4. The first-order chi connectivity index (χ1) is 9.31. The molecule has 0 amide bonds. The van der Waals surface area contributed by atoms with Crippen LogP contribution < -0.4 is 4.90 Å². The molecule has 0 radical (unpaired) electrons. The van der Waals surface area contributed by atoms with E-state index in [1.54, 1.807) is 0 Å². The van der Waals surface area contributed by atoms with E-state index in [-0.39, 0.29) is 0 Å². The van der Waals surface area contributed by atoms with Crippen LogP contribution in [0.5, 0.6) is 0 Å². The van der Waals surface area contributed by atoms with Gasteiger partial charge in [0.05, 0.1) is 0 Å². The van der Waals surface area contributed by atoms with E-state index < -0.39 is 0 Å². The molecule has 1 aliphatic heterocycles. The van der Waals surface area contributed by atoms with Crippen molar-refractivity contribution in [3.8, 4) is 0 Å². The van der Waals surface area contributed by atoms with Crippen LogP contribution in [0.4, 0.5) is 5.69 Å². The number of hydrogen-bond acceptors (Lipinski definition) is 2. The average molecular weight is 323 g/mol. The lowest BCUT2D eigenvalue weighted by atomic mass is 9.70. The predicted molar refractivity (Wildman–Crippen MR) is 85.2 cm³/mol. The minimum Gasteiger partial charge on any atom is -0.369 e. The average Bonchev–Trinajstić information content (AvgIpc) is 2.45. The van der Waals surface area contributed by atoms with E-state index in [9.17, 15) is 0 Å². The van der Waals surface area contributed by atoms with Crippen LogP contribution in [-0.4, -0.2) is 43.0 Å². The van der Waals surface area contributed by atoms with E-state index in [0.717, 1.165) is 0 Å². The van der Waals surface area contributed by atoms with Gasteiger partial charge in [-0.05, 0) is 30.4 Å². The second kappa shape index (κ2) is 5.84. The number of anilines is 1. The fraction of sp³-hybridized carbons (Fsp3) is 0.625. The topological polar surface area (TPSA) is 6.48 Å². The summed E-state index contributed by atoms with van der Waals surface area (Å²) in [5, 5.41) is 1.18. The first kappa shape index (κ1) is 13.4. The van der Waals surface area contributed by atoms with Gasteiger partial charge in [0.1, 0.15) is 0 Å². The lowest BCUT2D eigenvalue weighted by molar-refractivity contribution is 0.0877. The van der Waals surface area contributed by atoms with Crippen LogP contribution in [0.1, 0.15) is 19.3 Å². The number of alkyl halides is 1. The highest BCUT2D eigenvalue weighted by atomic mass is 79.9. The summed E-state index contributed by atoms with van der Waals surface area (Å²) in [6, 6.07) is 10.8. The van der Waals surface area contributed by atoms with Gasteiger partial charge in [-0.1, -0.05) is 40.5 Å². The molecule has 0 spiro atoms. The SMILES string of the molecule is BrCC1(CN2CCN(c3ccccc3)CC2)CCC1. The molecule has 1 aromatic carbocycles. The molecule has 0 bridgehead atoms. The summed E-state index contributed by atoms with van der Waals surface area (Å²) in [4.78, 5) is 5.18. The Kier molecular flexibility index (Phi) is 4.13. The van der Waals surface area contributed by atoms with Gasteiger partial charge >= 0.3 is 0 Å². The van der Waals surface area contributed by atoms with E-state index in [1.807, 2.05) is 0 Å². The Bertz CT molecular complexity index is 389. The Hall–Kier alpha value is -0.540. The molecular formula is C16H23BrN2. The Balaban J connectivity index is 1.52. The number of para-hydroxylation sites is 1. The monoisotopic (exact) mass is 322 g/mol. The smallest absolute Gasteiger partial charge is 0.0367 e. The van der Waals surface area contributed by atoms with Gasteiger partial charge < -0.3 is 4.90 Å². The highest BCUT2D eigenvalue weighted by Gasteiger charge is 2.37. The molecule has 2 aliphatic rings. The van der Waals surface area contributed by atoms with Gasteiger partial charge in [-0.15, -0.1) is 0 Å². The molecule has 1 saturated heterocycles. The molecule has 1 saturated carbocycles. The third kappa shape index (κ3) is 2.97. The minimum atomic E-state index is 0.592. The molecular weight excluding hydrogens is 300 g/mol. The van der Waals surface area contributed by atoms with Crippen molar-refractivity contribution in [2.75, 3.05) is 43.0 Å². The molecule has 0 unspecified atom stereocenters. The maximum atomic E-state index is 3.72. The number of hydrogen-bond donors (Lipinski definition) is 0. The first-order valence-electron chi connectivity index (χ1n) is 7.40.